The first-order valence-corrected chi connectivity index (χ1v) is 7.60. The van der Waals surface area contributed by atoms with Gasteiger partial charge in [0, 0.05) is 11.8 Å². The third kappa shape index (κ3) is 4.74. The summed E-state index contributed by atoms with van der Waals surface area (Å²) < 4.78 is 10.8. The van der Waals surface area contributed by atoms with E-state index in [1.807, 2.05) is 43.3 Å². The highest BCUT2D eigenvalue weighted by molar-refractivity contribution is 6.02. The Hall–Kier alpha value is -3.01. The van der Waals surface area contributed by atoms with Gasteiger partial charge in [0.25, 0.3) is 0 Å². The highest BCUT2D eigenvalue weighted by atomic mass is 16.5. The van der Waals surface area contributed by atoms with Gasteiger partial charge in [-0.15, -0.1) is 0 Å². The Balaban J connectivity index is 2.06. The van der Waals surface area contributed by atoms with Gasteiger partial charge in [0.1, 0.15) is 6.61 Å². The van der Waals surface area contributed by atoms with Gasteiger partial charge in [-0.1, -0.05) is 36.9 Å². The van der Waals surface area contributed by atoms with Crippen LogP contribution in [-0.2, 0) is 4.79 Å². The first-order chi connectivity index (χ1) is 11.6. The fourth-order valence-corrected chi connectivity index (χ4v) is 2.12. The maximum absolute atomic E-state index is 12.0. The lowest BCUT2D eigenvalue weighted by Gasteiger charge is -2.09. The highest BCUT2D eigenvalue weighted by Crippen LogP contribution is 2.28. The van der Waals surface area contributed by atoms with Gasteiger partial charge in [0.2, 0.25) is 5.91 Å². The van der Waals surface area contributed by atoms with Gasteiger partial charge in [-0.05, 0) is 42.3 Å². The molecule has 0 spiro atoms. The van der Waals surface area contributed by atoms with Gasteiger partial charge in [-0.3, -0.25) is 4.79 Å². The summed E-state index contributed by atoms with van der Waals surface area (Å²) in [5.74, 6) is 1.06. The second-order valence-electron chi connectivity index (χ2n) is 5.15. The van der Waals surface area contributed by atoms with Gasteiger partial charge in [0.15, 0.2) is 11.5 Å². The van der Waals surface area contributed by atoms with Crippen LogP contribution in [0.1, 0.15) is 11.1 Å². The Morgan fingerprint density at radius 3 is 2.71 bits per heavy atom. The number of para-hydroxylation sites is 1. The van der Waals surface area contributed by atoms with Crippen molar-refractivity contribution in [3.8, 4) is 11.5 Å². The van der Waals surface area contributed by atoms with Crippen molar-refractivity contribution < 1.29 is 14.3 Å². The van der Waals surface area contributed by atoms with Gasteiger partial charge >= 0.3 is 0 Å². The molecule has 1 amide bonds. The number of ether oxygens (including phenoxy) is 2. The van der Waals surface area contributed by atoms with Crippen LogP contribution in [0.2, 0.25) is 0 Å². The number of carbonyl (C=O) groups is 1. The molecular formula is C20H21NO3. The summed E-state index contributed by atoms with van der Waals surface area (Å²) in [5, 5.41) is 2.86. The number of rotatable bonds is 7. The average molecular weight is 323 g/mol. The minimum atomic E-state index is -0.185. The van der Waals surface area contributed by atoms with Crippen LogP contribution in [0.3, 0.4) is 0 Å². The molecule has 0 bridgehead atoms. The Kier molecular flexibility index (Phi) is 6.20. The molecule has 0 aliphatic heterocycles. The predicted molar refractivity (Wildman–Crippen MR) is 97.5 cm³/mol. The van der Waals surface area contributed by atoms with E-state index in [0.29, 0.717) is 18.1 Å². The summed E-state index contributed by atoms with van der Waals surface area (Å²) in [5.41, 5.74) is 2.67. The number of carbonyl (C=O) groups excluding carboxylic acids is 1. The van der Waals surface area contributed by atoms with Crippen LogP contribution in [0, 0.1) is 6.92 Å². The largest absolute Gasteiger partial charge is 0.493 e. The van der Waals surface area contributed by atoms with E-state index in [-0.39, 0.29) is 5.91 Å². The molecule has 2 aromatic rings. The molecule has 0 unspecified atom stereocenters. The summed E-state index contributed by atoms with van der Waals surface area (Å²) in [6, 6.07) is 13.1. The number of nitrogens with one attached hydrogen (secondary N) is 1. The Labute approximate surface area is 142 Å². The third-order valence-corrected chi connectivity index (χ3v) is 3.37. The first-order valence-electron chi connectivity index (χ1n) is 7.60. The first kappa shape index (κ1) is 17.3. The van der Waals surface area contributed by atoms with Gasteiger partial charge in [0.05, 0.1) is 7.11 Å². The van der Waals surface area contributed by atoms with E-state index < -0.39 is 0 Å². The molecular weight excluding hydrogens is 302 g/mol. The van der Waals surface area contributed by atoms with E-state index >= 15 is 0 Å². The lowest BCUT2D eigenvalue weighted by atomic mass is 10.1. The van der Waals surface area contributed by atoms with E-state index in [0.717, 1.165) is 16.8 Å². The van der Waals surface area contributed by atoms with E-state index in [1.54, 1.807) is 25.3 Å². The van der Waals surface area contributed by atoms with Crippen molar-refractivity contribution in [2.24, 2.45) is 0 Å². The second-order valence-corrected chi connectivity index (χ2v) is 5.15. The number of benzene rings is 2. The summed E-state index contributed by atoms with van der Waals surface area (Å²) in [7, 11) is 1.58. The van der Waals surface area contributed by atoms with Crippen molar-refractivity contribution in [2.75, 3.05) is 19.0 Å². The van der Waals surface area contributed by atoms with E-state index in [1.165, 1.54) is 6.08 Å². The van der Waals surface area contributed by atoms with Crippen LogP contribution in [0.15, 0.2) is 61.2 Å². The quantitative estimate of drug-likeness (QED) is 0.613. The smallest absolute Gasteiger partial charge is 0.248 e. The summed E-state index contributed by atoms with van der Waals surface area (Å²) in [4.78, 5) is 12.0. The summed E-state index contributed by atoms with van der Waals surface area (Å²) in [6.07, 6.45) is 4.89. The molecule has 0 radical (unpaired) electrons. The maximum atomic E-state index is 12.0. The fourth-order valence-electron chi connectivity index (χ4n) is 2.12. The summed E-state index contributed by atoms with van der Waals surface area (Å²) in [6.45, 7) is 5.97. The number of aryl methyl sites for hydroxylation is 1. The van der Waals surface area contributed by atoms with Crippen molar-refractivity contribution >= 4 is 17.7 Å². The molecule has 0 heterocycles. The molecule has 1 N–H and O–H groups in total. The molecule has 4 heteroatoms. The zero-order valence-electron chi connectivity index (χ0n) is 13.9. The van der Waals surface area contributed by atoms with E-state index in [9.17, 15) is 4.79 Å². The predicted octanol–water partition coefficient (Wildman–Crippen LogP) is 4.22. The average Bonchev–Trinajstić information content (AvgIpc) is 2.60. The molecule has 0 saturated heterocycles. The molecule has 4 nitrogen and oxygen atoms in total. The second kappa shape index (κ2) is 8.58. The standard InChI is InChI=1S/C20H21NO3/c1-4-13-24-18-11-9-16(14-19(18)23-3)10-12-20(22)21-17-8-6-5-7-15(17)2/h4-12,14H,1,13H2,2-3H3,(H,21,22)/b12-10+. The van der Waals surface area contributed by atoms with Crippen LogP contribution >= 0.6 is 0 Å². The summed E-state index contributed by atoms with van der Waals surface area (Å²) >= 11 is 0. The Bertz CT molecular complexity index is 750. The number of methoxy groups -OCH3 is 1. The van der Waals surface area contributed by atoms with Crippen LogP contribution in [0.5, 0.6) is 11.5 Å². The van der Waals surface area contributed by atoms with Gasteiger partial charge in [-0.2, -0.15) is 0 Å². The van der Waals surface area contributed by atoms with Gasteiger partial charge in [-0.25, -0.2) is 0 Å². The van der Waals surface area contributed by atoms with Crippen LogP contribution in [0.25, 0.3) is 6.08 Å². The highest BCUT2D eigenvalue weighted by Gasteiger charge is 2.05. The monoisotopic (exact) mass is 323 g/mol. The zero-order chi connectivity index (χ0) is 17.4. The molecule has 0 atom stereocenters. The molecule has 2 rings (SSSR count). The van der Waals surface area contributed by atoms with Crippen LogP contribution in [-0.4, -0.2) is 19.6 Å². The van der Waals surface area contributed by atoms with Crippen molar-refractivity contribution in [3.63, 3.8) is 0 Å². The minimum Gasteiger partial charge on any atom is -0.493 e. The van der Waals surface area contributed by atoms with Gasteiger partial charge < -0.3 is 14.8 Å². The fraction of sp³-hybridized carbons (Fsp3) is 0.150. The number of anilines is 1. The molecule has 24 heavy (non-hydrogen) atoms. The topological polar surface area (TPSA) is 47.6 Å². The molecule has 0 aromatic heterocycles. The zero-order valence-corrected chi connectivity index (χ0v) is 13.9. The molecule has 0 saturated carbocycles. The Morgan fingerprint density at radius 2 is 2.00 bits per heavy atom. The molecule has 0 aliphatic rings. The molecule has 0 aliphatic carbocycles. The number of hydrogen-bond acceptors (Lipinski definition) is 3. The number of amides is 1. The molecule has 0 fully saturated rings. The lowest BCUT2D eigenvalue weighted by Crippen LogP contribution is -2.08. The van der Waals surface area contributed by atoms with Crippen molar-refractivity contribution in [1.82, 2.24) is 0 Å². The van der Waals surface area contributed by atoms with Crippen LogP contribution < -0.4 is 14.8 Å². The Morgan fingerprint density at radius 1 is 1.21 bits per heavy atom. The number of hydrogen-bond donors (Lipinski definition) is 1. The molecule has 124 valence electrons. The maximum Gasteiger partial charge on any atom is 0.248 e. The third-order valence-electron chi connectivity index (χ3n) is 3.37. The van der Waals surface area contributed by atoms with Crippen molar-refractivity contribution in [2.45, 2.75) is 6.92 Å². The molecule has 2 aromatic carbocycles. The lowest BCUT2D eigenvalue weighted by molar-refractivity contribution is -0.111. The van der Waals surface area contributed by atoms with Crippen molar-refractivity contribution in [1.29, 1.82) is 0 Å². The van der Waals surface area contributed by atoms with E-state index in [4.69, 9.17) is 9.47 Å². The SMILES string of the molecule is C=CCOc1ccc(/C=C/C(=O)Nc2ccccc2C)cc1OC. The minimum absolute atomic E-state index is 0.185. The van der Waals surface area contributed by atoms with E-state index in [2.05, 4.69) is 11.9 Å². The van der Waals surface area contributed by atoms with Crippen molar-refractivity contribution in [3.05, 3.63) is 72.3 Å². The van der Waals surface area contributed by atoms with Crippen LogP contribution in [0.4, 0.5) is 5.69 Å². The normalized spacial score (nSPS) is 10.4.